The van der Waals surface area contributed by atoms with Crippen molar-refractivity contribution in [1.29, 1.82) is 0 Å². The van der Waals surface area contributed by atoms with Crippen LogP contribution in [0.3, 0.4) is 0 Å². The summed E-state index contributed by atoms with van der Waals surface area (Å²) in [6, 6.07) is 13.4. The van der Waals surface area contributed by atoms with Crippen LogP contribution in [-0.4, -0.2) is 68.1 Å². The molecule has 1 saturated heterocycles. The molecule has 1 heterocycles. The molecule has 2 aromatic rings. The lowest BCUT2D eigenvalue weighted by Crippen LogP contribution is -2.54. The van der Waals surface area contributed by atoms with Crippen molar-refractivity contribution in [3.05, 3.63) is 64.2 Å². The molecule has 9 nitrogen and oxygen atoms in total. The highest BCUT2D eigenvalue weighted by molar-refractivity contribution is 5.94. The average molecular weight is 426 g/mol. The molecule has 1 fully saturated rings. The summed E-state index contributed by atoms with van der Waals surface area (Å²) >= 11 is 0. The summed E-state index contributed by atoms with van der Waals surface area (Å²) in [6.45, 7) is 4.58. The Labute approximate surface area is 181 Å². The minimum absolute atomic E-state index is 0.00559. The van der Waals surface area contributed by atoms with Gasteiger partial charge in [-0.1, -0.05) is 0 Å². The quantitative estimate of drug-likeness (QED) is 0.398. The number of carbonyl (C=O) groups is 2. The highest BCUT2D eigenvalue weighted by Crippen LogP contribution is 2.22. The van der Waals surface area contributed by atoms with Gasteiger partial charge in [0, 0.05) is 56.2 Å². The zero-order valence-electron chi connectivity index (χ0n) is 17.9. The maximum atomic E-state index is 12.8. The number of anilines is 2. The molecule has 1 unspecified atom stereocenters. The number of benzene rings is 2. The van der Waals surface area contributed by atoms with Crippen LogP contribution in [0.4, 0.5) is 17.1 Å². The van der Waals surface area contributed by atoms with E-state index in [0.29, 0.717) is 11.3 Å². The van der Waals surface area contributed by atoms with E-state index < -0.39 is 4.92 Å². The minimum atomic E-state index is -0.463. The van der Waals surface area contributed by atoms with Crippen LogP contribution in [-0.2, 0) is 9.53 Å². The van der Waals surface area contributed by atoms with Gasteiger partial charge in [-0.15, -0.1) is 0 Å². The number of non-ortho nitro benzene ring substituents is 1. The molecule has 3 rings (SSSR count). The molecule has 1 amide bonds. The van der Waals surface area contributed by atoms with Gasteiger partial charge in [-0.25, -0.2) is 4.79 Å². The van der Waals surface area contributed by atoms with E-state index in [4.69, 9.17) is 4.74 Å². The lowest BCUT2D eigenvalue weighted by Gasteiger charge is -2.41. The van der Waals surface area contributed by atoms with Crippen molar-refractivity contribution >= 4 is 28.9 Å². The van der Waals surface area contributed by atoms with Gasteiger partial charge in [0.2, 0.25) is 5.91 Å². The van der Waals surface area contributed by atoms with Crippen LogP contribution < -0.4 is 9.80 Å². The van der Waals surface area contributed by atoms with Crippen LogP contribution in [0.25, 0.3) is 0 Å². The second-order valence-corrected chi connectivity index (χ2v) is 7.53. The second-order valence-electron chi connectivity index (χ2n) is 7.53. The predicted molar refractivity (Wildman–Crippen MR) is 118 cm³/mol. The number of nitro benzene ring substituents is 1. The molecule has 0 bridgehead atoms. The average Bonchev–Trinajstić information content (AvgIpc) is 2.79. The van der Waals surface area contributed by atoms with Crippen LogP contribution in [0.1, 0.15) is 17.3 Å². The van der Waals surface area contributed by atoms with E-state index in [2.05, 4.69) is 16.7 Å². The van der Waals surface area contributed by atoms with Gasteiger partial charge in [-0.2, -0.15) is 0 Å². The van der Waals surface area contributed by atoms with Gasteiger partial charge in [0.05, 0.1) is 24.1 Å². The Kier molecular flexibility index (Phi) is 6.86. The Bertz CT molecular complexity index is 945. The Balaban J connectivity index is 1.57. The molecule has 1 aliphatic heterocycles. The number of nitro groups is 1. The zero-order valence-corrected chi connectivity index (χ0v) is 17.9. The van der Waals surface area contributed by atoms with Crippen molar-refractivity contribution in [2.75, 3.05) is 50.1 Å². The molecule has 0 N–H and O–H groups in total. The number of carbonyl (C=O) groups excluding carboxylic acids is 2. The van der Waals surface area contributed by atoms with Crippen LogP contribution in [0.5, 0.6) is 0 Å². The number of nitrogens with zero attached hydrogens (tertiary/aromatic N) is 4. The van der Waals surface area contributed by atoms with Crippen LogP contribution in [0.15, 0.2) is 48.5 Å². The molecule has 0 aliphatic carbocycles. The third kappa shape index (κ3) is 5.18. The van der Waals surface area contributed by atoms with E-state index in [9.17, 15) is 19.7 Å². The molecule has 0 spiro atoms. The van der Waals surface area contributed by atoms with Crippen molar-refractivity contribution in [1.82, 2.24) is 4.90 Å². The largest absolute Gasteiger partial charge is 0.465 e. The first-order chi connectivity index (χ1) is 14.8. The van der Waals surface area contributed by atoms with Crippen LogP contribution >= 0.6 is 0 Å². The summed E-state index contributed by atoms with van der Waals surface area (Å²) in [4.78, 5) is 40.6. The number of esters is 1. The molecule has 0 saturated carbocycles. The van der Waals surface area contributed by atoms with Gasteiger partial charge in [0.25, 0.3) is 5.69 Å². The Morgan fingerprint density at radius 2 is 1.77 bits per heavy atom. The number of rotatable bonds is 6. The number of hydrogen-bond donors (Lipinski definition) is 0. The lowest BCUT2D eigenvalue weighted by atomic mass is 10.1. The van der Waals surface area contributed by atoms with Gasteiger partial charge in [-0.3, -0.25) is 19.8 Å². The number of likely N-dealkylation sites (N-methyl/N-ethyl adjacent to an activating group) is 1. The van der Waals surface area contributed by atoms with E-state index in [-0.39, 0.29) is 30.2 Å². The highest BCUT2D eigenvalue weighted by atomic mass is 16.6. The van der Waals surface area contributed by atoms with E-state index >= 15 is 0 Å². The van der Waals surface area contributed by atoms with E-state index in [1.54, 1.807) is 31.3 Å². The minimum Gasteiger partial charge on any atom is -0.465 e. The van der Waals surface area contributed by atoms with Gasteiger partial charge < -0.3 is 14.5 Å². The van der Waals surface area contributed by atoms with Crippen molar-refractivity contribution in [2.45, 2.75) is 13.0 Å². The van der Waals surface area contributed by atoms with Crippen LogP contribution in [0.2, 0.25) is 0 Å². The molecular weight excluding hydrogens is 400 g/mol. The number of amides is 1. The molecule has 1 aliphatic rings. The van der Waals surface area contributed by atoms with Crippen molar-refractivity contribution in [3.8, 4) is 0 Å². The third-order valence-corrected chi connectivity index (χ3v) is 5.58. The number of ether oxygens (including phenoxy) is 1. The van der Waals surface area contributed by atoms with Gasteiger partial charge in [0.1, 0.15) is 0 Å². The summed E-state index contributed by atoms with van der Waals surface area (Å²) in [5, 5.41) is 10.8. The molecule has 2 aromatic carbocycles. The van der Waals surface area contributed by atoms with Crippen molar-refractivity contribution in [3.63, 3.8) is 0 Å². The van der Waals surface area contributed by atoms with Gasteiger partial charge in [0.15, 0.2) is 0 Å². The Morgan fingerprint density at radius 1 is 1.13 bits per heavy atom. The highest BCUT2D eigenvalue weighted by Gasteiger charge is 2.27. The monoisotopic (exact) mass is 426 g/mol. The second kappa shape index (κ2) is 9.57. The smallest absolute Gasteiger partial charge is 0.337 e. The van der Waals surface area contributed by atoms with E-state index in [1.165, 1.54) is 24.1 Å². The Morgan fingerprint density at radius 3 is 2.32 bits per heavy atom. The molecule has 164 valence electrons. The summed E-state index contributed by atoms with van der Waals surface area (Å²) in [6.07, 6.45) is 0. The third-order valence-electron chi connectivity index (χ3n) is 5.58. The first-order valence-corrected chi connectivity index (χ1v) is 9.98. The summed E-state index contributed by atoms with van der Waals surface area (Å²) in [7, 11) is 3.03. The van der Waals surface area contributed by atoms with Crippen molar-refractivity contribution < 1.29 is 19.2 Å². The lowest BCUT2D eigenvalue weighted by molar-refractivity contribution is -0.384. The normalized spacial score (nSPS) is 16.6. The van der Waals surface area contributed by atoms with Crippen LogP contribution in [0, 0.1) is 10.1 Å². The van der Waals surface area contributed by atoms with Gasteiger partial charge in [-0.05, 0) is 43.3 Å². The first kappa shape index (κ1) is 22.2. The standard InChI is InChI=1S/C22H26N4O5/c1-16-14-25(19-6-4-17(5-7-19)22(28)31-3)13-12-24(16)15-21(27)23(2)18-8-10-20(11-9-18)26(29)30/h4-11,16H,12-15H2,1-3H3. The maximum Gasteiger partial charge on any atom is 0.337 e. The number of piperazine rings is 1. The number of hydrogen-bond acceptors (Lipinski definition) is 7. The fourth-order valence-corrected chi connectivity index (χ4v) is 3.61. The Hall–Kier alpha value is -3.46. The van der Waals surface area contributed by atoms with Gasteiger partial charge >= 0.3 is 5.97 Å². The van der Waals surface area contributed by atoms with Crippen molar-refractivity contribution in [2.24, 2.45) is 0 Å². The first-order valence-electron chi connectivity index (χ1n) is 9.98. The molecular formula is C22H26N4O5. The zero-order chi connectivity index (χ0) is 22.5. The molecule has 0 radical (unpaired) electrons. The SMILES string of the molecule is COC(=O)c1ccc(N2CCN(CC(=O)N(C)c3ccc([N+](=O)[O-])cc3)C(C)C2)cc1. The molecule has 1 atom stereocenters. The number of methoxy groups -OCH3 is 1. The molecule has 0 aromatic heterocycles. The summed E-state index contributed by atoms with van der Waals surface area (Å²) in [5.41, 5.74) is 2.15. The van der Waals surface area contributed by atoms with E-state index in [0.717, 1.165) is 25.3 Å². The summed E-state index contributed by atoms with van der Waals surface area (Å²) in [5.74, 6) is -0.433. The van der Waals surface area contributed by atoms with E-state index in [1.807, 2.05) is 12.1 Å². The molecule has 31 heavy (non-hydrogen) atoms. The summed E-state index contributed by atoms with van der Waals surface area (Å²) < 4.78 is 4.73. The fraction of sp³-hybridized carbons (Fsp3) is 0.364. The predicted octanol–water partition coefficient (Wildman–Crippen LogP) is 2.55. The molecule has 9 heteroatoms. The topological polar surface area (TPSA) is 96.2 Å². The fourth-order valence-electron chi connectivity index (χ4n) is 3.61. The maximum absolute atomic E-state index is 12.8.